The van der Waals surface area contributed by atoms with E-state index in [1.807, 2.05) is 48.5 Å². The number of carboxylic acid groups (broad SMARTS) is 4. The number of benzene rings is 4. The van der Waals surface area contributed by atoms with Crippen LogP contribution in [0.25, 0.3) is 0 Å². The summed E-state index contributed by atoms with van der Waals surface area (Å²) in [4.78, 5) is 94.8. The quantitative estimate of drug-likeness (QED) is 0.0116. The summed E-state index contributed by atoms with van der Waals surface area (Å²) in [5.41, 5.74) is 9.04. The molecule has 0 saturated heterocycles. The van der Waals surface area contributed by atoms with Crippen LogP contribution >= 0.6 is 0 Å². The van der Waals surface area contributed by atoms with E-state index in [1.54, 1.807) is 28.2 Å². The van der Waals surface area contributed by atoms with Crippen LogP contribution in [0.2, 0.25) is 0 Å². The number of hydrogen-bond donors (Lipinski definition) is 8. The Labute approximate surface area is 768 Å². The number of carbonyl (C=O) groups excluding carboxylic acids is 4. The van der Waals surface area contributed by atoms with Crippen LogP contribution in [0.5, 0.6) is 23.0 Å². The third-order valence-electron chi connectivity index (χ3n) is 28.7. The molecule has 20 atom stereocenters. The van der Waals surface area contributed by atoms with E-state index in [2.05, 4.69) is 52.0 Å². The molecule has 12 rings (SSSR count). The standard InChI is InChI=1S/2C26H39NO6.2C25H36O7/c1-4-5-6-9-19(33-26(31)27(2)3)11-12-20-21-13-17-8-7-10-24(32-16-25(29)30)22(17)14-18(21)15-23(20)28;1-4-5-6-9-19(28)11-12-20-21-13-17-8-7-10-23(32-16-25(29)30)22(17)14-18(21)15-24(20)33-26(31)27(2)3;1-3-4-5-8-18(32-25(29)30-2)10-11-19-20-12-16-7-6-9-23(31-15-24(27)28)21(16)13-17(20)14-22(19)26;1-3-4-5-8-18(26)10-11-19-20-12-16-7-6-9-22(31-15-24(27)28)21(16)13-17(20)14-23(19)32-25(29)30-2/h7-8,10,18-21,23,28H,4-6,9,11-16H2,1-3H3,(H,29,30);7-8,10,18-21,24,28H,4-6,9,11-16H2,1-3H3,(H,29,30);6-7,9,17-20,22,26H,3-5,8,10-15H2,1-2H3,(H,27,28);6-7,9,17-20,23,26H,3-5,8,10-15H2,1-2H3,(H,27,28)/t18-,19-,20+,21-,23+;18-,19-,20+,21-,24+;17-,18-,19+,20-,22+;17-,18-,19+,20-,23+/m0000/s1. The first kappa shape index (κ1) is 105. The van der Waals surface area contributed by atoms with Crippen molar-refractivity contribution in [1.29, 1.82) is 0 Å². The minimum absolute atomic E-state index is 0.121. The number of amides is 2. The molecule has 0 aliphatic heterocycles. The lowest BCUT2D eigenvalue weighted by Crippen LogP contribution is -2.32. The minimum atomic E-state index is -0.999. The Hall–Kier alpha value is -9.12. The summed E-state index contributed by atoms with van der Waals surface area (Å²) in [6.45, 7) is 7.20. The number of hydrogen-bond acceptors (Lipinski definition) is 22. The first-order chi connectivity index (χ1) is 62.4. The van der Waals surface area contributed by atoms with Crippen LogP contribution in [0.1, 0.15) is 252 Å². The van der Waals surface area contributed by atoms with Gasteiger partial charge in [-0.25, -0.2) is 38.4 Å². The van der Waals surface area contributed by atoms with Gasteiger partial charge in [0.15, 0.2) is 26.4 Å². The lowest BCUT2D eigenvalue weighted by Gasteiger charge is -2.33. The highest BCUT2D eigenvalue weighted by molar-refractivity contribution is 5.71. The number of rotatable bonds is 44. The highest BCUT2D eigenvalue weighted by Crippen LogP contribution is 2.54. The van der Waals surface area contributed by atoms with Gasteiger partial charge < -0.3 is 98.0 Å². The van der Waals surface area contributed by atoms with Crippen molar-refractivity contribution in [3.05, 3.63) is 117 Å². The van der Waals surface area contributed by atoms with Gasteiger partial charge in [0.25, 0.3) is 0 Å². The number of aliphatic carboxylic acids is 4. The Morgan fingerprint density at radius 2 is 0.654 bits per heavy atom. The van der Waals surface area contributed by atoms with E-state index >= 15 is 0 Å². The number of ether oxygens (including phenoxy) is 10. The van der Waals surface area contributed by atoms with Crippen LogP contribution in [0.15, 0.2) is 72.8 Å². The number of fused-ring (bicyclic) bond motifs is 8. The molecule has 28 heteroatoms. The highest BCUT2D eigenvalue weighted by Gasteiger charge is 2.51. The Balaban J connectivity index is 0.000000195. The number of unbranched alkanes of at least 4 members (excludes halogenated alkanes) is 8. The van der Waals surface area contributed by atoms with Gasteiger partial charge in [-0.15, -0.1) is 0 Å². The molecule has 8 N–H and O–H groups in total. The molecule has 0 radical (unpaired) electrons. The van der Waals surface area contributed by atoms with E-state index in [9.17, 15) is 58.8 Å². The monoisotopic (exact) mass is 1820 g/mol. The molecule has 4 aromatic carbocycles. The Kier molecular flexibility index (Phi) is 42.6. The van der Waals surface area contributed by atoms with Gasteiger partial charge in [0.1, 0.15) is 47.4 Å². The fraction of sp³-hybridized carbons (Fsp3) is 0.686. The molecular weight excluding hydrogens is 1670 g/mol. The average Bonchev–Trinajstić information content (AvgIpc) is 1.62. The third-order valence-corrected chi connectivity index (χ3v) is 28.7. The number of carboxylic acids is 4. The molecule has 28 nitrogen and oxygen atoms in total. The van der Waals surface area contributed by atoms with Crippen LogP contribution in [0, 0.1) is 71.0 Å². The second-order valence-corrected chi connectivity index (χ2v) is 38.0. The van der Waals surface area contributed by atoms with E-state index in [0.29, 0.717) is 76.8 Å². The fourth-order valence-electron chi connectivity index (χ4n) is 22.2. The maximum atomic E-state index is 12.4. The summed E-state index contributed by atoms with van der Waals surface area (Å²) >= 11 is 0. The Bertz CT molecular complexity index is 4230. The van der Waals surface area contributed by atoms with Crippen LogP contribution in [-0.4, -0.2) is 217 Å². The Morgan fingerprint density at radius 3 is 0.969 bits per heavy atom. The SMILES string of the molecule is CCCCC[C@@H](CC[C@@H]1[C@H]2Cc3cccc(OCC(=O)O)c3C[C@H]2C[C@H]1O)OC(=O)N(C)C.CCCCC[C@@H](CC[C@@H]1[C@H]2Cc3cccc(OCC(=O)O)c3C[C@H]2C[C@H]1O)OC(=O)OC.CCCCC[C@H](O)CC[C@@H]1[C@H]2Cc3cccc(OCC(=O)O)c3C[C@H]2C[C@H]1OC(=O)N(C)C.CCCCC[C@H](O)CC[C@@H]1[C@H]2Cc3cccc(OCC(=O)O)c3C[C@H]2C[C@H]1OC(=O)OC. The summed E-state index contributed by atoms with van der Waals surface area (Å²) in [7, 11) is 9.43. The van der Waals surface area contributed by atoms with Crippen LogP contribution in [-0.2, 0) is 99.0 Å². The van der Waals surface area contributed by atoms with Gasteiger partial charge in [-0.1, -0.05) is 140 Å². The number of aliphatic hydroxyl groups excluding tert-OH is 4. The van der Waals surface area contributed by atoms with Crippen molar-refractivity contribution in [2.75, 3.05) is 68.8 Å². The van der Waals surface area contributed by atoms with Crippen molar-refractivity contribution in [1.82, 2.24) is 9.80 Å². The number of carbonyl (C=O) groups is 8. The lowest BCUT2D eigenvalue weighted by atomic mass is 9.73. The molecule has 724 valence electrons. The van der Waals surface area contributed by atoms with E-state index in [1.165, 1.54) is 46.3 Å². The van der Waals surface area contributed by atoms with Crippen LogP contribution < -0.4 is 18.9 Å². The van der Waals surface area contributed by atoms with Crippen molar-refractivity contribution in [2.45, 2.75) is 308 Å². The molecule has 0 bridgehead atoms. The smallest absolute Gasteiger partial charge is 0.482 e. The van der Waals surface area contributed by atoms with Gasteiger partial charge in [0, 0.05) is 28.2 Å². The maximum absolute atomic E-state index is 12.4. The molecule has 4 aromatic rings. The molecular formula is C102H150N2O26. The van der Waals surface area contributed by atoms with Crippen LogP contribution in [0.4, 0.5) is 19.2 Å². The van der Waals surface area contributed by atoms with Crippen molar-refractivity contribution >= 4 is 48.4 Å². The van der Waals surface area contributed by atoms with Crippen molar-refractivity contribution in [3.63, 3.8) is 0 Å². The van der Waals surface area contributed by atoms with E-state index in [0.717, 1.165) is 247 Å². The predicted molar refractivity (Wildman–Crippen MR) is 488 cm³/mol. The molecule has 0 aromatic heterocycles. The second-order valence-electron chi connectivity index (χ2n) is 38.0. The summed E-state index contributed by atoms with van der Waals surface area (Å²) in [6, 6.07) is 23.3. The summed E-state index contributed by atoms with van der Waals surface area (Å²) in [5, 5.41) is 78.6. The zero-order valence-electron chi connectivity index (χ0n) is 78.6. The van der Waals surface area contributed by atoms with Crippen molar-refractivity contribution in [2.24, 2.45) is 71.0 Å². The first-order valence-corrected chi connectivity index (χ1v) is 48.2. The number of nitrogens with zero attached hydrogens (tertiary/aromatic N) is 2. The molecule has 0 spiro atoms. The summed E-state index contributed by atoms with van der Waals surface area (Å²) in [5.74, 6) is 2.12. The Morgan fingerprint density at radius 1 is 0.354 bits per heavy atom. The fourth-order valence-corrected chi connectivity index (χ4v) is 22.2. The third kappa shape index (κ3) is 31.0. The normalized spacial score (nSPS) is 24.7. The number of aliphatic hydroxyl groups is 4. The molecule has 4 fully saturated rings. The van der Waals surface area contributed by atoms with E-state index < -0.39 is 36.2 Å². The lowest BCUT2D eigenvalue weighted by molar-refractivity contribution is -0.140. The van der Waals surface area contributed by atoms with Gasteiger partial charge in [-0.3, -0.25) is 0 Å². The van der Waals surface area contributed by atoms with Gasteiger partial charge >= 0.3 is 48.4 Å². The topological polar surface area (TPSA) is 397 Å². The zero-order chi connectivity index (χ0) is 94.1. The first-order valence-electron chi connectivity index (χ1n) is 48.2. The maximum Gasteiger partial charge on any atom is 0.508 e. The predicted octanol–water partition coefficient (Wildman–Crippen LogP) is 17.3. The average molecular weight is 1820 g/mol. The highest BCUT2D eigenvalue weighted by atomic mass is 16.7. The molecule has 0 unspecified atom stereocenters. The summed E-state index contributed by atoms with van der Waals surface area (Å²) in [6.07, 6.45) is 28.1. The molecule has 4 saturated carbocycles. The van der Waals surface area contributed by atoms with Crippen LogP contribution in [0.3, 0.4) is 0 Å². The van der Waals surface area contributed by atoms with E-state index in [-0.39, 0.29) is 111 Å². The largest absolute Gasteiger partial charge is 0.508 e. The zero-order valence-corrected chi connectivity index (χ0v) is 78.6. The van der Waals surface area contributed by atoms with Gasteiger partial charge in [-0.05, 0) is 307 Å². The van der Waals surface area contributed by atoms with Crippen molar-refractivity contribution in [3.8, 4) is 23.0 Å². The second kappa shape index (κ2) is 52.9. The number of methoxy groups -OCH3 is 2. The molecule has 8 aliphatic carbocycles. The molecule has 2 amide bonds. The van der Waals surface area contributed by atoms with Gasteiger partial charge in [0.05, 0.1) is 38.6 Å². The minimum Gasteiger partial charge on any atom is -0.482 e. The van der Waals surface area contributed by atoms with E-state index in [4.69, 9.17) is 67.8 Å². The van der Waals surface area contributed by atoms with Gasteiger partial charge in [0.2, 0.25) is 0 Å². The van der Waals surface area contributed by atoms with Gasteiger partial charge in [-0.2, -0.15) is 0 Å². The van der Waals surface area contributed by atoms with Crippen molar-refractivity contribution < 1.29 is 127 Å². The molecule has 8 aliphatic rings. The molecule has 0 heterocycles. The summed E-state index contributed by atoms with van der Waals surface area (Å²) < 4.78 is 54.4. The molecule has 130 heavy (non-hydrogen) atoms.